The summed E-state index contributed by atoms with van der Waals surface area (Å²) in [5.41, 5.74) is 0. The van der Waals surface area contributed by atoms with Gasteiger partial charge in [0.1, 0.15) is 0 Å². The van der Waals surface area contributed by atoms with E-state index in [2.05, 4.69) is 20.6 Å². The number of aromatic nitrogens is 1. The summed E-state index contributed by atoms with van der Waals surface area (Å²) in [6, 6.07) is 3.07. The molecule has 28 heavy (non-hydrogen) atoms. The number of hydrogen-bond acceptors (Lipinski definition) is 5. The number of nitrogens with zero attached hydrogens (tertiary/aromatic N) is 4. The summed E-state index contributed by atoms with van der Waals surface area (Å²) < 4.78 is 39.9. The Hall–Kier alpha value is -1.94. The lowest BCUT2D eigenvalue weighted by Gasteiger charge is -2.20. The van der Waals surface area contributed by atoms with Crippen LogP contribution in [0.1, 0.15) is 27.2 Å². The summed E-state index contributed by atoms with van der Waals surface area (Å²) in [5.74, 6) is 0.580. The van der Waals surface area contributed by atoms with E-state index in [1.54, 1.807) is 12.3 Å². The lowest BCUT2D eigenvalue weighted by molar-refractivity contribution is 0.445. The molecule has 1 aromatic heterocycles. The van der Waals surface area contributed by atoms with E-state index in [0.717, 1.165) is 6.42 Å². The molecule has 0 saturated carbocycles. The highest BCUT2D eigenvalue weighted by atomic mass is 32.2. The normalized spacial score (nSPS) is 18.0. The van der Waals surface area contributed by atoms with Crippen LogP contribution < -0.4 is 15.5 Å². The number of hydrogen-bond donors (Lipinski definition) is 2. The largest absolute Gasteiger partial charge is 0.357 e. The third-order valence-electron chi connectivity index (χ3n) is 4.63. The van der Waals surface area contributed by atoms with Crippen molar-refractivity contribution >= 4 is 21.8 Å². The van der Waals surface area contributed by atoms with Crippen LogP contribution >= 0.6 is 0 Å². The van der Waals surface area contributed by atoms with E-state index in [1.807, 2.05) is 25.7 Å². The second kappa shape index (κ2) is 10.6. The molecule has 1 aliphatic rings. The Morgan fingerprint density at radius 3 is 2.79 bits per heavy atom. The molecule has 1 aliphatic heterocycles. The van der Waals surface area contributed by atoms with Gasteiger partial charge in [-0.15, -0.1) is 0 Å². The molecule has 158 valence electrons. The van der Waals surface area contributed by atoms with Crippen molar-refractivity contribution in [3.63, 3.8) is 0 Å². The highest BCUT2D eigenvalue weighted by Gasteiger charge is 2.26. The minimum atomic E-state index is -3.30. The first-order chi connectivity index (χ1) is 13.4. The molecule has 0 radical (unpaired) electrons. The lowest BCUT2D eigenvalue weighted by atomic mass is 10.3. The molecule has 8 nitrogen and oxygen atoms in total. The number of rotatable bonds is 9. The molecule has 0 aromatic carbocycles. The molecule has 1 aromatic rings. The zero-order valence-corrected chi connectivity index (χ0v) is 17.7. The van der Waals surface area contributed by atoms with Crippen LogP contribution in [0.4, 0.5) is 10.2 Å². The van der Waals surface area contributed by atoms with Crippen LogP contribution in [0.3, 0.4) is 0 Å². The fraction of sp³-hybridized carbons (Fsp3) is 0.667. The number of guanidine groups is 1. The van der Waals surface area contributed by atoms with E-state index >= 15 is 0 Å². The predicted octanol–water partition coefficient (Wildman–Crippen LogP) is 1.03. The smallest absolute Gasteiger partial charge is 0.215 e. The Morgan fingerprint density at radius 1 is 1.39 bits per heavy atom. The van der Waals surface area contributed by atoms with E-state index in [9.17, 15) is 12.8 Å². The summed E-state index contributed by atoms with van der Waals surface area (Å²) in [6.45, 7) is 8.68. The van der Waals surface area contributed by atoms with Gasteiger partial charge in [-0.05, 0) is 25.5 Å². The van der Waals surface area contributed by atoms with E-state index in [-0.39, 0.29) is 24.2 Å². The molecule has 0 amide bonds. The van der Waals surface area contributed by atoms with Crippen molar-refractivity contribution in [2.75, 3.05) is 49.9 Å². The minimum absolute atomic E-state index is 0.0266. The first-order valence-corrected chi connectivity index (χ1v) is 11.4. The number of sulfonamides is 1. The average Bonchev–Trinajstić information content (AvgIpc) is 3.11. The summed E-state index contributed by atoms with van der Waals surface area (Å²) in [7, 11) is -3.30. The molecule has 0 aliphatic carbocycles. The van der Waals surface area contributed by atoms with Crippen molar-refractivity contribution < 1.29 is 12.8 Å². The van der Waals surface area contributed by atoms with Crippen molar-refractivity contribution in [3.05, 3.63) is 24.1 Å². The monoisotopic (exact) mass is 414 g/mol. The molecule has 1 fully saturated rings. The van der Waals surface area contributed by atoms with E-state index in [1.165, 1.54) is 10.4 Å². The Kier molecular flexibility index (Phi) is 8.43. The molecule has 1 saturated heterocycles. The van der Waals surface area contributed by atoms with E-state index in [4.69, 9.17) is 0 Å². The Balaban J connectivity index is 1.94. The van der Waals surface area contributed by atoms with Crippen molar-refractivity contribution in [2.24, 2.45) is 4.99 Å². The number of nitrogens with one attached hydrogen (secondary N) is 2. The lowest BCUT2D eigenvalue weighted by Crippen LogP contribution is -2.45. The minimum Gasteiger partial charge on any atom is -0.357 e. The molecule has 2 rings (SSSR count). The van der Waals surface area contributed by atoms with Crippen LogP contribution in [0, 0.1) is 5.82 Å². The van der Waals surface area contributed by atoms with E-state index < -0.39 is 10.0 Å². The third kappa shape index (κ3) is 6.03. The van der Waals surface area contributed by atoms with Crippen molar-refractivity contribution in [1.29, 1.82) is 0 Å². The quantitative estimate of drug-likeness (QED) is 0.463. The number of aliphatic imine (C=N–C) groups is 1. The van der Waals surface area contributed by atoms with Crippen molar-refractivity contribution in [1.82, 2.24) is 19.9 Å². The molecule has 1 atom stereocenters. The van der Waals surface area contributed by atoms with Gasteiger partial charge in [-0.2, -0.15) is 0 Å². The molecule has 0 spiro atoms. The SMILES string of the molecule is CCNC(=NCCS(=O)(=O)N(CC)CC)NC1CCN(c2ncccc2F)C1. The maximum atomic E-state index is 13.9. The van der Waals surface area contributed by atoms with Crippen molar-refractivity contribution in [2.45, 2.75) is 33.2 Å². The Morgan fingerprint density at radius 2 is 2.14 bits per heavy atom. The Labute approximate surface area is 167 Å². The summed E-state index contributed by atoms with van der Waals surface area (Å²) in [5, 5.41) is 6.46. The average molecular weight is 415 g/mol. The van der Waals surface area contributed by atoms with Gasteiger partial charge < -0.3 is 15.5 Å². The third-order valence-corrected chi connectivity index (χ3v) is 6.63. The molecule has 2 heterocycles. The Bertz CT molecular complexity index is 754. The van der Waals surface area contributed by atoms with Crippen LogP contribution in [-0.4, -0.2) is 74.7 Å². The second-order valence-electron chi connectivity index (χ2n) is 6.55. The standard InChI is InChI=1S/C18H31FN6O2S/c1-4-20-18(22-11-13-28(26,27)25(5-2)6-3)23-15-9-12-24(14-15)17-16(19)8-7-10-21-17/h7-8,10,15H,4-6,9,11-14H2,1-3H3,(H2,20,22,23). The van der Waals surface area contributed by atoms with Crippen LogP contribution in [0.5, 0.6) is 0 Å². The first kappa shape index (κ1) is 22.4. The van der Waals surface area contributed by atoms with Gasteiger partial charge in [0.25, 0.3) is 0 Å². The molecule has 10 heteroatoms. The highest BCUT2D eigenvalue weighted by Crippen LogP contribution is 2.20. The molecule has 2 N–H and O–H groups in total. The summed E-state index contributed by atoms with van der Waals surface area (Å²) in [4.78, 5) is 10.4. The fourth-order valence-electron chi connectivity index (χ4n) is 3.21. The maximum absolute atomic E-state index is 13.9. The van der Waals surface area contributed by atoms with Gasteiger partial charge in [-0.25, -0.2) is 22.1 Å². The highest BCUT2D eigenvalue weighted by molar-refractivity contribution is 7.89. The van der Waals surface area contributed by atoms with Crippen molar-refractivity contribution in [3.8, 4) is 0 Å². The van der Waals surface area contributed by atoms with Gasteiger partial charge in [0.15, 0.2) is 17.6 Å². The van der Waals surface area contributed by atoms with Gasteiger partial charge >= 0.3 is 0 Å². The number of anilines is 1. The van der Waals surface area contributed by atoms with Crippen LogP contribution in [0.15, 0.2) is 23.3 Å². The van der Waals surface area contributed by atoms with Crippen LogP contribution in [0.2, 0.25) is 0 Å². The second-order valence-corrected chi connectivity index (χ2v) is 8.63. The van der Waals surface area contributed by atoms with Gasteiger partial charge in [0.05, 0.1) is 12.3 Å². The summed E-state index contributed by atoms with van der Waals surface area (Å²) in [6.07, 6.45) is 2.40. The van der Waals surface area contributed by atoms with Gasteiger partial charge in [0, 0.05) is 45.0 Å². The predicted molar refractivity (Wildman–Crippen MR) is 111 cm³/mol. The van der Waals surface area contributed by atoms with Gasteiger partial charge in [-0.3, -0.25) is 4.99 Å². The molecule has 1 unspecified atom stereocenters. The van der Waals surface area contributed by atoms with Crippen LogP contribution in [-0.2, 0) is 10.0 Å². The fourth-order valence-corrected chi connectivity index (χ4v) is 4.58. The molecular weight excluding hydrogens is 383 g/mol. The summed E-state index contributed by atoms with van der Waals surface area (Å²) >= 11 is 0. The zero-order chi connectivity index (χ0) is 20.6. The van der Waals surface area contributed by atoms with Gasteiger partial charge in [0.2, 0.25) is 10.0 Å². The molecule has 0 bridgehead atoms. The zero-order valence-electron chi connectivity index (χ0n) is 16.9. The number of pyridine rings is 1. The van der Waals surface area contributed by atoms with E-state index in [0.29, 0.717) is 44.5 Å². The van der Waals surface area contributed by atoms with Gasteiger partial charge in [-0.1, -0.05) is 13.8 Å². The van der Waals surface area contributed by atoms with Crippen LogP contribution in [0.25, 0.3) is 0 Å². The maximum Gasteiger partial charge on any atom is 0.215 e. The first-order valence-electron chi connectivity index (χ1n) is 9.79. The molecular formula is C18H31FN6O2S. The number of halogens is 1. The topological polar surface area (TPSA) is 89.9 Å².